The highest BCUT2D eigenvalue weighted by Gasteiger charge is 2.44. The lowest BCUT2D eigenvalue weighted by Crippen LogP contribution is -2.39. The van der Waals surface area contributed by atoms with Crippen molar-refractivity contribution < 1.29 is 14.3 Å². The lowest BCUT2D eigenvalue weighted by atomic mass is 9.71. The average Bonchev–Trinajstić information content (AvgIpc) is 2.27. The molecule has 80 valence electrons. The second-order valence-electron chi connectivity index (χ2n) is 4.19. The number of carbonyl (C=O) groups is 2. The van der Waals surface area contributed by atoms with Gasteiger partial charge in [0.05, 0.1) is 5.92 Å². The number of hydrogen-bond donors (Lipinski definition) is 0. The van der Waals surface area contributed by atoms with Gasteiger partial charge in [-0.3, -0.25) is 4.79 Å². The smallest absolute Gasteiger partial charge is 0.342 e. The molecule has 2 atom stereocenters. The highest BCUT2D eigenvalue weighted by atomic mass is 16.6. The molecule has 0 N–H and O–H groups in total. The van der Waals surface area contributed by atoms with Crippen LogP contribution in [0.5, 0.6) is 0 Å². The summed E-state index contributed by atoms with van der Waals surface area (Å²) < 4.78 is 4.72. The van der Waals surface area contributed by atoms with Crippen LogP contribution in [-0.2, 0) is 14.3 Å². The molecule has 0 aromatic carbocycles. The fourth-order valence-corrected chi connectivity index (χ4v) is 2.47. The molecule has 0 spiro atoms. The number of allylic oxidation sites excluding steroid dienone is 6. The first-order chi connectivity index (χ1) is 7.68. The van der Waals surface area contributed by atoms with Crippen LogP contribution in [0.2, 0.25) is 0 Å². The average molecular weight is 214 g/mol. The van der Waals surface area contributed by atoms with E-state index in [2.05, 4.69) is 0 Å². The lowest BCUT2D eigenvalue weighted by Gasteiger charge is -2.35. The molecular weight excluding hydrogens is 204 g/mol. The van der Waals surface area contributed by atoms with E-state index in [0.29, 0.717) is 5.57 Å². The molecule has 1 fully saturated rings. The predicted molar refractivity (Wildman–Crippen MR) is 57.1 cm³/mol. The highest BCUT2D eigenvalue weighted by Crippen LogP contribution is 2.42. The number of esters is 2. The van der Waals surface area contributed by atoms with E-state index in [1.807, 2.05) is 25.2 Å². The molecule has 3 rings (SSSR count). The van der Waals surface area contributed by atoms with Crippen molar-refractivity contribution in [3.8, 4) is 0 Å². The maximum Gasteiger partial charge on any atom is 0.342 e. The zero-order valence-corrected chi connectivity index (χ0v) is 8.77. The van der Waals surface area contributed by atoms with Gasteiger partial charge in [-0.25, -0.2) is 4.79 Å². The van der Waals surface area contributed by atoms with Gasteiger partial charge in [0.1, 0.15) is 0 Å². The van der Waals surface area contributed by atoms with E-state index in [4.69, 9.17) is 4.74 Å². The first-order valence-electron chi connectivity index (χ1n) is 5.22. The Balaban J connectivity index is 2.19. The monoisotopic (exact) mass is 214 g/mol. The van der Waals surface area contributed by atoms with E-state index in [1.54, 1.807) is 12.2 Å². The predicted octanol–water partition coefficient (Wildman–Crippen LogP) is 1.68. The van der Waals surface area contributed by atoms with Crippen molar-refractivity contribution in [3.63, 3.8) is 0 Å². The van der Waals surface area contributed by atoms with Crippen molar-refractivity contribution in [3.05, 3.63) is 47.1 Å². The topological polar surface area (TPSA) is 43.4 Å². The summed E-state index contributed by atoms with van der Waals surface area (Å²) in [6.07, 6.45) is 9.28. The Morgan fingerprint density at radius 1 is 1.12 bits per heavy atom. The Hall–Kier alpha value is -1.90. The van der Waals surface area contributed by atoms with E-state index in [-0.39, 0.29) is 11.8 Å². The third kappa shape index (κ3) is 1.08. The number of hydrogen-bond acceptors (Lipinski definition) is 3. The molecule has 0 radical (unpaired) electrons. The van der Waals surface area contributed by atoms with Gasteiger partial charge in [0.25, 0.3) is 0 Å². The molecule has 3 heteroatoms. The summed E-state index contributed by atoms with van der Waals surface area (Å²) in [4.78, 5) is 23.2. The first-order valence-corrected chi connectivity index (χ1v) is 5.22. The number of ether oxygens (including phenoxy) is 1. The Kier molecular flexibility index (Phi) is 1.78. The number of rotatable bonds is 0. The largest absolute Gasteiger partial charge is 0.389 e. The van der Waals surface area contributed by atoms with Gasteiger partial charge in [-0.15, -0.1) is 0 Å². The molecule has 1 saturated heterocycles. The van der Waals surface area contributed by atoms with Crippen molar-refractivity contribution in [2.75, 3.05) is 0 Å². The Bertz CT molecular complexity index is 517. The molecular formula is C13H10O3. The molecule has 0 bridgehead atoms. The van der Waals surface area contributed by atoms with Gasteiger partial charge in [-0.1, -0.05) is 30.4 Å². The Morgan fingerprint density at radius 3 is 2.75 bits per heavy atom. The van der Waals surface area contributed by atoms with Gasteiger partial charge in [-0.05, 0) is 18.1 Å². The highest BCUT2D eigenvalue weighted by molar-refractivity contribution is 6.03. The van der Waals surface area contributed by atoms with E-state index >= 15 is 0 Å². The number of cyclic esters (lactones) is 2. The van der Waals surface area contributed by atoms with Gasteiger partial charge in [0, 0.05) is 11.5 Å². The van der Waals surface area contributed by atoms with E-state index in [9.17, 15) is 9.59 Å². The summed E-state index contributed by atoms with van der Waals surface area (Å²) in [7, 11) is 0. The second kappa shape index (κ2) is 3.04. The summed E-state index contributed by atoms with van der Waals surface area (Å²) in [5, 5.41) is 0. The lowest BCUT2D eigenvalue weighted by molar-refractivity contribution is -0.163. The summed E-state index contributed by atoms with van der Waals surface area (Å²) >= 11 is 0. The molecule has 3 nitrogen and oxygen atoms in total. The van der Waals surface area contributed by atoms with Gasteiger partial charge in [0.2, 0.25) is 0 Å². The quantitative estimate of drug-likeness (QED) is 0.455. The second-order valence-corrected chi connectivity index (χ2v) is 4.19. The van der Waals surface area contributed by atoms with Crippen LogP contribution in [0.1, 0.15) is 6.92 Å². The summed E-state index contributed by atoms with van der Waals surface area (Å²) in [5.74, 6) is -1.42. The summed E-state index contributed by atoms with van der Waals surface area (Å²) in [5.41, 5.74) is 2.74. The van der Waals surface area contributed by atoms with Crippen molar-refractivity contribution in [1.29, 1.82) is 0 Å². The van der Waals surface area contributed by atoms with E-state index < -0.39 is 11.9 Å². The van der Waals surface area contributed by atoms with Crippen LogP contribution < -0.4 is 0 Å². The van der Waals surface area contributed by atoms with Crippen LogP contribution in [-0.4, -0.2) is 11.9 Å². The van der Waals surface area contributed by atoms with Crippen LogP contribution in [0.3, 0.4) is 0 Å². The van der Waals surface area contributed by atoms with Crippen molar-refractivity contribution in [2.45, 2.75) is 6.92 Å². The van der Waals surface area contributed by atoms with Crippen molar-refractivity contribution in [2.24, 2.45) is 11.8 Å². The molecule has 0 aromatic heterocycles. The molecule has 0 saturated carbocycles. The fourth-order valence-electron chi connectivity index (χ4n) is 2.47. The van der Waals surface area contributed by atoms with Gasteiger partial charge >= 0.3 is 11.9 Å². The van der Waals surface area contributed by atoms with Gasteiger partial charge in [0.15, 0.2) is 0 Å². The van der Waals surface area contributed by atoms with Crippen molar-refractivity contribution >= 4 is 11.9 Å². The standard InChI is InChI=1S/C13H10O3/c1-7-5-6-10-11-8(7)3-2-4-9(11)12(14)16-13(10)15/h2-6,9,11H,1H3. The molecule has 1 heterocycles. The summed E-state index contributed by atoms with van der Waals surface area (Å²) in [6.45, 7) is 1.99. The van der Waals surface area contributed by atoms with Crippen LogP contribution in [0.4, 0.5) is 0 Å². The van der Waals surface area contributed by atoms with Gasteiger partial charge in [-0.2, -0.15) is 0 Å². The van der Waals surface area contributed by atoms with Gasteiger partial charge < -0.3 is 4.74 Å². The minimum atomic E-state index is -0.504. The van der Waals surface area contributed by atoms with Crippen LogP contribution in [0, 0.1) is 11.8 Å². The normalized spacial score (nSPS) is 31.2. The SMILES string of the molecule is CC1=CC=C2C(=O)OC(=O)C3C=CC=C1C23. The minimum absolute atomic E-state index is 0.135. The zero-order valence-electron chi connectivity index (χ0n) is 8.77. The van der Waals surface area contributed by atoms with Crippen LogP contribution >= 0.6 is 0 Å². The molecule has 0 aromatic rings. The molecule has 1 aliphatic heterocycles. The molecule has 2 unspecified atom stereocenters. The Labute approximate surface area is 92.8 Å². The third-order valence-corrected chi connectivity index (χ3v) is 3.29. The molecule has 0 amide bonds. The van der Waals surface area contributed by atoms with E-state index in [1.165, 1.54) is 0 Å². The minimum Gasteiger partial charge on any atom is -0.389 e. The van der Waals surface area contributed by atoms with E-state index in [0.717, 1.165) is 11.1 Å². The maximum atomic E-state index is 11.6. The Morgan fingerprint density at radius 2 is 1.94 bits per heavy atom. The first kappa shape index (κ1) is 9.33. The number of carbonyl (C=O) groups excluding carboxylic acids is 2. The molecule has 16 heavy (non-hydrogen) atoms. The zero-order chi connectivity index (χ0) is 11.3. The third-order valence-electron chi connectivity index (χ3n) is 3.29. The van der Waals surface area contributed by atoms with Crippen LogP contribution in [0.25, 0.3) is 0 Å². The maximum absolute atomic E-state index is 11.6. The fraction of sp³-hybridized carbons (Fsp3) is 0.231. The molecule has 2 aliphatic carbocycles. The van der Waals surface area contributed by atoms with Crippen molar-refractivity contribution in [1.82, 2.24) is 0 Å². The van der Waals surface area contributed by atoms with Crippen LogP contribution in [0.15, 0.2) is 47.1 Å². The molecule has 3 aliphatic rings. The summed E-state index contributed by atoms with van der Waals surface area (Å²) in [6, 6.07) is 0.